The third-order valence-electron chi connectivity index (χ3n) is 4.09. The molecule has 0 aromatic heterocycles. The van der Waals surface area contributed by atoms with Gasteiger partial charge in [-0.05, 0) is 49.7 Å². The lowest BCUT2D eigenvalue weighted by Crippen LogP contribution is -2.24. The van der Waals surface area contributed by atoms with Gasteiger partial charge in [0.1, 0.15) is 5.56 Å². The van der Waals surface area contributed by atoms with Gasteiger partial charge >= 0.3 is 6.18 Å². The first kappa shape index (κ1) is 14.2. The summed E-state index contributed by atoms with van der Waals surface area (Å²) in [6, 6.07) is 3.36. The molecule has 0 aliphatic heterocycles. The van der Waals surface area contributed by atoms with E-state index < -0.39 is 22.4 Å². The molecule has 0 radical (unpaired) electrons. The number of alkyl halides is 3. The van der Waals surface area contributed by atoms with Crippen molar-refractivity contribution >= 4 is 11.4 Å². The zero-order valence-electron chi connectivity index (χ0n) is 11.2. The molecule has 3 rings (SSSR count). The molecule has 0 unspecified atom stereocenters. The number of hydrogen-bond donors (Lipinski definition) is 1. The van der Waals surface area contributed by atoms with Crippen LogP contribution in [0.25, 0.3) is 0 Å². The summed E-state index contributed by atoms with van der Waals surface area (Å²) in [5.41, 5.74) is -1.78. The van der Waals surface area contributed by atoms with Gasteiger partial charge in [0, 0.05) is 17.8 Å². The van der Waals surface area contributed by atoms with Crippen molar-refractivity contribution < 1.29 is 18.1 Å². The van der Waals surface area contributed by atoms with Crippen molar-refractivity contribution in [3.63, 3.8) is 0 Å². The molecule has 114 valence electrons. The minimum Gasteiger partial charge on any atom is -0.382 e. The summed E-state index contributed by atoms with van der Waals surface area (Å²) in [6.07, 6.45) is -0.310. The fraction of sp³-hybridized carbons (Fsp3) is 0.571. The predicted molar refractivity (Wildman–Crippen MR) is 71.0 cm³/mol. The van der Waals surface area contributed by atoms with E-state index >= 15 is 0 Å². The molecular formula is C14H15F3N2O2. The second kappa shape index (κ2) is 4.89. The number of nitrogens with zero attached hydrogens (tertiary/aromatic N) is 1. The van der Waals surface area contributed by atoms with E-state index in [1.54, 1.807) is 0 Å². The lowest BCUT2D eigenvalue weighted by atomic mass is 10.1. The quantitative estimate of drug-likeness (QED) is 0.654. The van der Waals surface area contributed by atoms with E-state index in [9.17, 15) is 23.3 Å². The van der Waals surface area contributed by atoms with Gasteiger partial charge in [-0.25, -0.2) is 0 Å². The zero-order chi connectivity index (χ0) is 15.2. The molecule has 2 aliphatic rings. The van der Waals surface area contributed by atoms with Crippen molar-refractivity contribution in [3.8, 4) is 0 Å². The largest absolute Gasteiger partial charge is 0.423 e. The Morgan fingerprint density at radius 2 is 1.76 bits per heavy atom. The average molecular weight is 300 g/mol. The highest BCUT2D eigenvalue weighted by Gasteiger charge is 2.42. The van der Waals surface area contributed by atoms with Crippen LogP contribution in [0.1, 0.15) is 31.2 Å². The molecule has 0 spiro atoms. The summed E-state index contributed by atoms with van der Waals surface area (Å²) in [6.45, 7) is 0. The molecule has 0 amide bonds. The smallest absolute Gasteiger partial charge is 0.382 e. The maximum absolute atomic E-state index is 12.9. The lowest BCUT2D eigenvalue weighted by molar-refractivity contribution is -0.388. The Morgan fingerprint density at radius 3 is 2.19 bits per heavy atom. The van der Waals surface area contributed by atoms with Crippen LogP contribution in [0.2, 0.25) is 0 Å². The average Bonchev–Trinajstić information content (AvgIpc) is 3.27. The highest BCUT2D eigenvalue weighted by molar-refractivity contribution is 5.56. The van der Waals surface area contributed by atoms with Gasteiger partial charge < -0.3 is 5.32 Å². The van der Waals surface area contributed by atoms with Crippen molar-refractivity contribution in [2.75, 3.05) is 5.32 Å². The second-order valence-electron chi connectivity index (χ2n) is 5.83. The normalized spacial score (nSPS) is 18.9. The molecule has 2 saturated carbocycles. The van der Waals surface area contributed by atoms with E-state index in [-0.39, 0.29) is 6.04 Å². The number of nitro groups is 1. The van der Waals surface area contributed by atoms with E-state index in [2.05, 4.69) is 5.32 Å². The van der Waals surface area contributed by atoms with Gasteiger partial charge in [0.15, 0.2) is 0 Å². The summed E-state index contributed by atoms with van der Waals surface area (Å²) in [5.74, 6) is 1.06. The Bertz CT molecular complexity index is 554. The fourth-order valence-electron chi connectivity index (χ4n) is 2.74. The van der Waals surface area contributed by atoms with E-state index in [0.717, 1.165) is 37.8 Å². The van der Waals surface area contributed by atoms with Gasteiger partial charge in [0.2, 0.25) is 0 Å². The Morgan fingerprint density at radius 1 is 1.19 bits per heavy atom. The molecule has 1 N–H and O–H groups in total. The molecule has 2 aliphatic carbocycles. The summed E-state index contributed by atoms with van der Waals surface area (Å²) in [5, 5.41) is 13.9. The second-order valence-corrected chi connectivity index (χ2v) is 5.83. The third kappa shape index (κ3) is 3.11. The Kier molecular flexibility index (Phi) is 3.30. The summed E-state index contributed by atoms with van der Waals surface area (Å²) >= 11 is 0. The molecular weight excluding hydrogens is 285 g/mol. The van der Waals surface area contributed by atoms with Crippen LogP contribution in [0.4, 0.5) is 24.5 Å². The molecule has 1 aromatic rings. The number of benzene rings is 1. The molecule has 1 aromatic carbocycles. The van der Waals surface area contributed by atoms with Crippen LogP contribution >= 0.6 is 0 Å². The van der Waals surface area contributed by atoms with Gasteiger partial charge in [0.05, 0.1) is 4.92 Å². The Balaban J connectivity index is 1.87. The first-order valence-corrected chi connectivity index (χ1v) is 6.98. The predicted octanol–water partition coefficient (Wildman–Crippen LogP) is 4.21. The van der Waals surface area contributed by atoms with Crippen molar-refractivity contribution in [1.29, 1.82) is 0 Å². The van der Waals surface area contributed by atoms with E-state index in [0.29, 0.717) is 17.5 Å². The monoisotopic (exact) mass is 300 g/mol. The molecule has 4 nitrogen and oxygen atoms in total. The van der Waals surface area contributed by atoms with E-state index in [1.807, 2.05) is 0 Å². The number of nitro benzene ring substituents is 1. The van der Waals surface area contributed by atoms with E-state index in [1.165, 1.54) is 6.07 Å². The van der Waals surface area contributed by atoms with Gasteiger partial charge in [0.25, 0.3) is 5.69 Å². The van der Waals surface area contributed by atoms with Crippen molar-refractivity contribution in [2.24, 2.45) is 11.8 Å². The van der Waals surface area contributed by atoms with Crippen LogP contribution in [0, 0.1) is 22.0 Å². The lowest BCUT2D eigenvalue weighted by Gasteiger charge is -2.20. The molecule has 21 heavy (non-hydrogen) atoms. The third-order valence-corrected chi connectivity index (χ3v) is 4.09. The molecule has 0 saturated heterocycles. The zero-order valence-corrected chi connectivity index (χ0v) is 11.2. The standard InChI is InChI=1S/C14H15F3N2O2/c15-14(16,17)11-7-10(5-6-12(11)19(20)21)18-13(8-1-2-8)9-3-4-9/h5-9,13,18H,1-4H2. The van der Waals surface area contributed by atoms with Gasteiger partial charge in [-0.2, -0.15) is 13.2 Å². The van der Waals surface area contributed by atoms with Gasteiger partial charge in [-0.1, -0.05) is 0 Å². The first-order chi connectivity index (χ1) is 9.86. The van der Waals surface area contributed by atoms with Crippen LogP contribution in [-0.4, -0.2) is 11.0 Å². The summed E-state index contributed by atoms with van der Waals surface area (Å²) < 4.78 is 38.8. The van der Waals surface area contributed by atoms with Crippen LogP contribution in [0.5, 0.6) is 0 Å². The molecule has 7 heteroatoms. The molecule has 0 atom stereocenters. The van der Waals surface area contributed by atoms with Crippen LogP contribution in [0.3, 0.4) is 0 Å². The topological polar surface area (TPSA) is 55.2 Å². The van der Waals surface area contributed by atoms with E-state index in [4.69, 9.17) is 0 Å². The maximum atomic E-state index is 12.9. The summed E-state index contributed by atoms with van der Waals surface area (Å²) in [4.78, 5) is 9.73. The van der Waals surface area contributed by atoms with Crippen molar-refractivity contribution in [1.82, 2.24) is 0 Å². The van der Waals surface area contributed by atoms with Gasteiger partial charge in [-0.15, -0.1) is 0 Å². The fourth-order valence-corrected chi connectivity index (χ4v) is 2.74. The first-order valence-electron chi connectivity index (χ1n) is 6.98. The number of anilines is 1. The number of nitrogens with one attached hydrogen (secondary N) is 1. The SMILES string of the molecule is O=[N+]([O-])c1ccc(NC(C2CC2)C2CC2)cc1C(F)(F)F. The number of halogens is 3. The Hall–Kier alpha value is -1.79. The minimum absolute atomic E-state index is 0.201. The van der Waals surface area contributed by atoms with Crippen LogP contribution < -0.4 is 5.32 Å². The molecule has 0 heterocycles. The van der Waals surface area contributed by atoms with Crippen molar-refractivity contribution in [2.45, 2.75) is 37.9 Å². The minimum atomic E-state index is -4.73. The highest BCUT2D eigenvalue weighted by Crippen LogP contribution is 2.46. The van der Waals surface area contributed by atoms with Gasteiger partial charge in [-0.3, -0.25) is 10.1 Å². The van der Waals surface area contributed by atoms with Crippen LogP contribution in [-0.2, 0) is 6.18 Å². The molecule has 0 bridgehead atoms. The highest BCUT2D eigenvalue weighted by atomic mass is 19.4. The maximum Gasteiger partial charge on any atom is 0.423 e. The number of hydrogen-bond acceptors (Lipinski definition) is 3. The molecule has 2 fully saturated rings. The van der Waals surface area contributed by atoms with Crippen molar-refractivity contribution in [3.05, 3.63) is 33.9 Å². The Labute approximate surface area is 119 Å². The van der Waals surface area contributed by atoms with Crippen LogP contribution in [0.15, 0.2) is 18.2 Å². The summed E-state index contributed by atoms with van der Waals surface area (Å²) in [7, 11) is 0. The number of rotatable bonds is 5.